The van der Waals surface area contributed by atoms with Crippen molar-refractivity contribution < 1.29 is 19.6 Å². The van der Waals surface area contributed by atoms with Crippen LogP contribution in [0.1, 0.15) is 29.3 Å². The maximum atomic E-state index is 10.8. The average molecular weight is 295 g/mol. The molecule has 0 amide bonds. The molecule has 0 unspecified atom stereocenters. The van der Waals surface area contributed by atoms with Gasteiger partial charge in [-0.1, -0.05) is 23.9 Å². The number of aldehydes is 1. The average Bonchev–Trinajstić information content (AvgIpc) is 2.39. The first kappa shape index (κ1) is 15.9. The standard InChI is InChI=1S/C13H13NO5S/c1-9(16)20-5-3-2-4-10-6-11(8-15)13(17)12(7-10)14(18)19/h2,4,6-8,17H,3,5H2,1H3. The highest BCUT2D eigenvalue weighted by Crippen LogP contribution is 2.30. The molecular formula is C13H13NO5S. The fourth-order valence-electron chi connectivity index (χ4n) is 1.48. The van der Waals surface area contributed by atoms with Crippen molar-refractivity contribution >= 4 is 34.9 Å². The number of phenols is 1. The molecule has 106 valence electrons. The lowest BCUT2D eigenvalue weighted by molar-refractivity contribution is -0.385. The van der Waals surface area contributed by atoms with Crippen LogP contribution in [0.5, 0.6) is 5.75 Å². The summed E-state index contributed by atoms with van der Waals surface area (Å²) in [5, 5.41) is 20.3. The molecule has 0 radical (unpaired) electrons. The Kier molecular flexibility index (Phi) is 5.92. The summed E-state index contributed by atoms with van der Waals surface area (Å²) >= 11 is 1.19. The van der Waals surface area contributed by atoms with Gasteiger partial charge in [0.15, 0.2) is 11.4 Å². The summed E-state index contributed by atoms with van der Waals surface area (Å²) in [6.45, 7) is 1.48. The quantitative estimate of drug-likeness (QED) is 0.375. The van der Waals surface area contributed by atoms with E-state index in [1.54, 1.807) is 12.2 Å². The number of hydrogen-bond acceptors (Lipinski definition) is 6. The van der Waals surface area contributed by atoms with E-state index in [9.17, 15) is 24.8 Å². The Bertz CT molecular complexity index is 568. The molecule has 0 fully saturated rings. The number of allylic oxidation sites excluding steroid dienone is 1. The fraction of sp³-hybridized carbons (Fsp3) is 0.231. The fourth-order valence-corrected chi connectivity index (χ4v) is 2.02. The van der Waals surface area contributed by atoms with Crippen LogP contribution >= 0.6 is 11.8 Å². The first-order valence-corrected chi connectivity index (χ1v) is 6.70. The Morgan fingerprint density at radius 2 is 2.20 bits per heavy atom. The maximum Gasteiger partial charge on any atom is 0.312 e. The van der Waals surface area contributed by atoms with E-state index in [4.69, 9.17) is 0 Å². The Balaban J connectivity index is 2.87. The van der Waals surface area contributed by atoms with Crippen LogP contribution in [0.3, 0.4) is 0 Å². The van der Waals surface area contributed by atoms with Crippen molar-refractivity contribution in [3.8, 4) is 5.75 Å². The van der Waals surface area contributed by atoms with Crippen LogP contribution in [0, 0.1) is 10.1 Å². The van der Waals surface area contributed by atoms with Gasteiger partial charge in [-0.05, 0) is 18.1 Å². The minimum absolute atomic E-state index is 0.0295. The van der Waals surface area contributed by atoms with Gasteiger partial charge in [-0.2, -0.15) is 0 Å². The van der Waals surface area contributed by atoms with Gasteiger partial charge in [-0.15, -0.1) is 0 Å². The molecule has 0 bridgehead atoms. The molecule has 0 aliphatic rings. The molecule has 0 saturated heterocycles. The second-order valence-electron chi connectivity index (χ2n) is 3.88. The van der Waals surface area contributed by atoms with Gasteiger partial charge in [0.25, 0.3) is 0 Å². The number of aromatic hydroxyl groups is 1. The lowest BCUT2D eigenvalue weighted by atomic mass is 10.1. The summed E-state index contributed by atoms with van der Waals surface area (Å²) in [4.78, 5) is 31.5. The van der Waals surface area contributed by atoms with Gasteiger partial charge in [0, 0.05) is 18.7 Å². The smallest absolute Gasteiger partial charge is 0.312 e. The Morgan fingerprint density at radius 3 is 2.75 bits per heavy atom. The molecule has 0 atom stereocenters. The summed E-state index contributed by atoms with van der Waals surface area (Å²) in [6, 6.07) is 2.56. The first-order chi connectivity index (χ1) is 9.45. The molecule has 6 nitrogen and oxygen atoms in total. The van der Waals surface area contributed by atoms with E-state index in [0.717, 1.165) is 0 Å². The Labute approximate surface area is 119 Å². The number of hydrogen-bond donors (Lipinski definition) is 1. The number of carbonyl (C=O) groups excluding carboxylic acids is 2. The van der Waals surface area contributed by atoms with E-state index in [0.29, 0.717) is 24.0 Å². The van der Waals surface area contributed by atoms with E-state index in [2.05, 4.69) is 0 Å². The van der Waals surface area contributed by atoms with Crippen molar-refractivity contribution in [2.24, 2.45) is 0 Å². The van der Waals surface area contributed by atoms with E-state index in [1.807, 2.05) is 0 Å². The van der Waals surface area contributed by atoms with Crippen LogP contribution in [-0.2, 0) is 4.79 Å². The molecular weight excluding hydrogens is 282 g/mol. The lowest BCUT2D eigenvalue weighted by Gasteiger charge is -2.01. The van der Waals surface area contributed by atoms with E-state index < -0.39 is 16.4 Å². The number of phenolic OH excluding ortho intramolecular Hbond substituents is 1. The van der Waals surface area contributed by atoms with Crippen molar-refractivity contribution in [3.63, 3.8) is 0 Å². The molecule has 0 aliphatic heterocycles. The monoisotopic (exact) mass is 295 g/mol. The number of rotatable bonds is 6. The highest BCUT2D eigenvalue weighted by Gasteiger charge is 2.17. The number of nitro groups is 1. The second-order valence-corrected chi connectivity index (χ2v) is 5.16. The summed E-state index contributed by atoms with van der Waals surface area (Å²) in [5.74, 6) is -0.0127. The van der Waals surface area contributed by atoms with Crippen molar-refractivity contribution in [1.82, 2.24) is 0 Å². The van der Waals surface area contributed by atoms with Gasteiger partial charge in [0.05, 0.1) is 10.5 Å². The third-order valence-corrected chi connectivity index (χ3v) is 3.21. The second kappa shape index (κ2) is 7.44. The molecule has 20 heavy (non-hydrogen) atoms. The molecule has 0 aromatic heterocycles. The number of thioether (sulfide) groups is 1. The number of carbonyl (C=O) groups is 2. The Hall–Kier alpha value is -2.15. The molecule has 1 N–H and O–H groups in total. The van der Waals surface area contributed by atoms with E-state index >= 15 is 0 Å². The molecule has 0 saturated carbocycles. The molecule has 7 heteroatoms. The highest BCUT2D eigenvalue weighted by atomic mass is 32.2. The van der Waals surface area contributed by atoms with E-state index in [1.165, 1.54) is 30.8 Å². The molecule has 0 aliphatic carbocycles. The highest BCUT2D eigenvalue weighted by molar-refractivity contribution is 8.13. The van der Waals surface area contributed by atoms with Gasteiger partial charge in [0.1, 0.15) is 0 Å². The van der Waals surface area contributed by atoms with Crippen LogP contribution in [0.25, 0.3) is 6.08 Å². The van der Waals surface area contributed by atoms with Crippen LogP contribution in [-0.4, -0.2) is 27.2 Å². The van der Waals surface area contributed by atoms with Crippen LogP contribution in [0.2, 0.25) is 0 Å². The van der Waals surface area contributed by atoms with Gasteiger partial charge < -0.3 is 5.11 Å². The predicted octanol–water partition coefficient (Wildman–Crippen LogP) is 2.80. The van der Waals surface area contributed by atoms with Crippen molar-refractivity contribution in [2.75, 3.05) is 5.75 Å². The van der Waals surface area contributed by atoms with Crippen LogP contribution < -0.4 is 0 Å². The Morgan fingerprint density at radius 1 is 1.50 bits per heavy atom. The molecule has 1 rings (SSSR count). The lowest BCUT2D eigenvalue weighted by Crippen LogP contribution is -1.93. The maximum absolute atomic E-state index is 10.8. The SMILES string of the molecule is CC(=O)SCCC=Cc1cc(C=O)c(O)c([N+](=O)[O-])c1. The topological polar surface area (TPSA) is 97.5 Å². The normalized spacial score (nSPS) is 10.7. The summed E-state index contributed by atoms with van der Waals surface area (Å²) in [6.07, 6.45) is 4.35. The number of benzene rings is 1. The molecule has 0 spiro atoms. The zero-order valence-corrected chi connectivity index (χ0v) is 11.6. The van der Waals surface area contributed by atoms with Gasteiger partial charge in [-0.25, -0.2) is 0 Å². The first-order valence-electron chi connectivity index (χ1n) is 5.72. The third-order valence-electron chi connectivity index (χ3n) is 2.37. The summed E-state index contributed by atoms with van der Waals surface area (Å²) in [7, 11) is 0. The third kappa shape index (κ3) is 4.51. The van der Waals surface area contributed by atoms with Gasteiger partial charge in [-0.3, -0.25) is 19.7 Å². The molecule has 0 heterocycles. The van der Waals surface area contributed by atoms with E-state index in [-0.39, 0.29) is 10.7 Å². The minimum Gasteiger partial charge on any atom is -0.502 e. The molecule has 1 aromatic carbocycles. The van der Waals surface area contributed by atoms with Crippen molar-refractivity contribution in [3.05, 3.63) is 39.4 Å². The minimum atomic E-state index is -0.745. The largest absolute Gasteiger partial charge is 0.502 e. The summed E-state index contributed by atoms with van der Waals surface area (Å²) < 4.78 is 0. The van der Waals surface area contributed by atoms with Crippen molar-refractivity contribution in [1.29, 1.82) is 0 Å². The number of nitro benzene ring substituents is 1. The zero-order valence-electron chi connectivity index (χ0n) is 10.7. The predicted molar refractivity (Wildman–Crippen MR) is 76.9 cm³/mol. The van der Waals surface area contributed by atoms with Crippen LogP contribution in [0.4, 0.5) is 5.69 Å². The van der Waals surface area contributed by atoms with Gasteiger partial charge in [0.2, 0.25) is 5.75 Å². The number of nitrogens with zero attached hydrogens (tertiary/aromatic N) is 1. The zero-order chi connectivity index (χ0) is 15.1. The van der Waals surface area contributed by atoms with Gasteiger partial charge >= 0.3 is 5.69 Å². The van der Waals surface area contributed by atoms with Crippen molar-refractivity contribution in [2.45, 2.75) is 13.3 Å². The molecule has 1 aromatic rings. The summed E-state index contributed by atoms with van der Waals surface area (Å²) in [5.41, 5.74) is -0.186. The van der Waals surface area contributed by atoms with Crippen LogP contribution in [0.15, 0.2) is 18.2 Å².